The van der Waals surface area contributed by atoms with Crippen molar-refractivity contribution in [2.24, 2.45) is 5.92 Å². The largest absolute Gasteiger partial charge is 0.375 e. The van der Waals surface area contributed by atoms with E-state index in [1.165, 1.54) is 11.3 Å². The van der Waals surface area contributed by atoms with Crippen LogP contribution in [0, 0.1) is 5.92 Å². The number of thiazole rings is 2. The summed E-state index contributed by atoms with van der Waals surface area (Å²) in [7, 11) is 0. The third-order valence-corrected chi connectivity index (χ3v) is 5.74. The van der Waals surface area contributed by atoms with Gasteiger partial charge in [0.15, 0.2) is 0 Å². The van der Waals surface area contributed by atoms with E-state index in [9.17, 15) is 4.79 Å². The van der Waals surface area contributed by atoms with E-state index in [4.69, 9.17) is 4.74 Å². The summed E-state index contributed by atoms with van der Waals surface area (Å²) < 4.78 is 6.00. The summed E-state index contributed by atoms with van der Waals surface area (Å²) in [6.45, 7) is 4.73. The van der Waals surface area contributed by atoms with Gasteiger partial charge in [-0.3, -0.25) is 9.69 Å². The maximum absolute atomic E-state index is 12.5. The molecular formula is C15H18N4O2S2. The van der Waals surface area contributed by atoms with Gasteiger partial charge in [-0.05, 0) is 0 Å². The number of nitrogens with zero attached hydrogens (tertiary/aromatic N) is 4. The number of aromatic nitrogens is 2. The molecule has 2 fully saturated rings. The van der Waals surface area contributed by atoms with Crippen LogP contribution in [0.3, 0.4) is 0 Å². The molecule has 4 rings (SSSR count). The van der Waals surface area contributed by atoms with E-state index in [0.717, 1.165) is 31.2 Å². The highest BCUT2D eigenvalue weighted by Crippen LogP contribution is 2.26. The van der Waals surface area contributed by atoms with Gasteiger partial charge in [-0.2, -0.15) is 0 Å². The zero-order valence-electron chi connectivity index (χ0n) is 12.6. The predicted molar refractivity (Wildman–Crippen MR) is 88.6 cm³/mol. The third-order valence-electron chi connectivity index (χ3n) is 4.39. The smallest absolute Gasteiger partial charge is 0.273 e. The van der Waals surface area contributed by atoms with E-state index < -0.39 is 0 Å². The minimum absolute atomic E-state index is 0.0221. The van der Waals surface area contributed by atoms with Crippen LogP contribution >= 0.6 is 22.7 Å². The maximum Gasteiger partial charge on any atom is 0.273 e. The van der Waals surface area contributed by atoms with E-state index in [0.29, 0.717) is 24.8 Å². The molecule has 0 radical (unpaired) electrons. The lowest BCUT2D eigenvalue weighted by Crippen LogP contribution is -2.37. The van der Waals surface area contributed by atoms with Crippen LogP contribution in [0.15, 0.2) is 22.5 Å². The highest BCUT2D eigenvalue weighted by atomic mass is 32.1. The van der Waals surface area contributed by atoms with Crippen molar-refractivity contribution in [3.63, 3.8) is 0 Å². The second-order valence-electron chi connectivity index (χ2n) is 5.91. The normalized spacial score (nSPS) is 25.3. The molecular weight excluding hydrogens is 332 g/mol. The van der Waals surface area contributed by atoms with Gasteiger partial charge in [0.25, 0.3) is 5.91 Å². The fourth-order valence-corrected chi connectivity index (χ4v) is 4.48. The summed E-state index contributed by atoms with van der Waals surface area (Å²) in [5.74, 6) is 0.383. The molecule has 122 valence electrons. The van der Waals surface area contributed by atoms with Gasteiger partial charge < -0.3 is 9.64 Å². The van der Waals surface area contributed by atoms with Gasteiger partial charge in [0.1, 0.15) is 10.7 Å². The number of hydrogen-bond acceptors (Lipinski definition) is 7. The zero-order chi connectivity index (χ0) is 15.6. The Labute approximate surface area is 142 Å². The summed E-state index contributed by atoms with van der Waals surface area (Å²) in [6.07, 6.45) is 2.06. The lowest BCUT2D eigenvalue weighted by molar-refractivity contribution is 0.0501. The summed E-state index contributed by atoms with van der Waals surface area (Å²) in [6, 6.07) is 0. The standard InChI is InChI=1S/C15H18N4O2S2/c20-15(12-9-22-10-17-12)19-2-3-21-13-7-18(5-11(13)6-19)8-14-16-1-4-23-14/h1,4,9-11,13H,2-3,5-8H2/t11-,13-/m0/s1. The van der Waals surface area contributed by atoms with Crippen molar-refractivity contribution >= 4 is 28.6 Å². The van der Waals surface area contributed by atoms with Gasteiger partial charge in [0.2, 0.25) is 0 Å². The molecule has 8 heteroatoms. The van der Waals surface area contributed by atoms with Crippen molar-refractivity contribution in [3.8, 4) is 0 Å². The molecule has 2 aliphatic rings. The van der Waals surface area contributed by atoms with Gasteiger partial charge in [0, 0.05) is 49.1 Å². The summed E-state index contributed by atoms with van der Waals surface area (Å²) in [5, 5.41) is 4.96. The molecule has 0 aromatic carbocycles. The topological polar surface area (TPSA) is 58.6 Å². The van der Waals surface area contributed by atoms with E-state index >= 15 is 0 Å². The molecule has 0 N–H and O–H groups in total. The molecule has 4 heterocycles. The summed E-state index contributed by atoms with van der Waals surface area (Å²) in [5.41, 5.74) is 2.25. The molecule has 6 nitrogen and oxygen atoms in total. The molecule has 2 atom stereocenters. The van der Waals surface area contributed by atoms with Gasteiger partial charge in [-0.25, -0.2) is 9.97 Å². The molecule has 2 aromatic rings. The second-order valence-corrected chi connectivity index (χ2v) is 7.61. The SMILES string of the molecule is O=C(c1cscn1)N1CCO[C@H]2CN(Cc3nccs3)C[C@H]2C1. The molecule has 1 amide bonds. The van der Waals surface area contributed by atoms with Crippen LogP contribution in [-0.4, -0.2) is 64.6 Å². The van der Waals surface area contributed by atoms with Gasteiger partial charge in [-0.1, -0.05) is 0 Å². The first-order valence-corrected chi connectivity index (χ1v) is 9.51. The number of amides is 1. The number of likely N-dealkylation sites (tertiary alicyclic amines) is 1. The van der Waals surface area contributed by atoms with Crippen LogP contribution in [0.2, 0.25) is 0 Å². The van der Waals surface area contributed by atoms with E-state index in [1.807, 2.05) is 21.9 Å². The first-order valence-electron chi connectivity index (χ1n) is 7.69. The molecule has 0 aliphatic carbocycles. The molecule has 2 aliphatic heterocycles. The van der Waals surface area contributed by atoms with Crippen LogP contribution in [0.25, 0.3) is 0 Å². The number of carbonyl (C=O) groups is 1. The molecule has 0 saturated carbocycles. The van der Waals surface area contributed by atoms with Crippen molar-refractivity contribution in [1.29, 1.82) is 0 Å². The number of rotatable bonds is 3. The maximum atomic E-state index is 12.5. The Bertz CT molecular complexity index is 647. The van der Waals surface area contributed by atoms with Crippen LogP contribution < -0.4 is 0 Å². The minimum atomic E-state index is 0.0221. The lowest BCUT2D eigenvalue weighted by atomic mass is 10.1. The van der Waals surface area contributed by atoms with Gasteiger partial charge in [0.05, 0.1) is 24.8 Å². The average molecular weight is 350 g/mol. The second kappa shape index (κ2) is 6.64. The van der Waals surface area contributed by atoms with Crippen molar-refractivity contribution in [3.05, 3.63) is 33.2 Å². The fourth-order valence-electron chi connectivity index (χ4n) is 3.30. The quantitative estimate of drug-likeness (QED) is 0.841. The molecule has 2 saturated heterocycles. The van der Waals surface area contributed by atoms with Crippen molar-refractivity contribution in [2.45, 2.75) is 12.6 Å². The first-order chi connectivity index (χ1) is 11.3. The molecule has 2 aromatic heterocycles. The van der Waals surface area contributed by atoms with Crippen molar-refractivity contribution < 1.29 is 9.53 Å². The fraction of sp³-hybridized carbons (Fsp3) is 0.533. The van der Waals surface area contributed by atoms with E-state index in [2.05, 4.69) is 14.9 Å². The van der Waals surface area contributed by atoms with Crippen molar-refractivity contribution in [2.75, 3.05) is 32.8 Å². The van der Waals surface area contributed by atoms with Crippen LogP contribution in [0.1, 0.15) is 15.5 Å². The number of carbonyl (C=O) groups excluding carboxylic acids is 1. The number of fused-ring (bicyclic) bond motifs is 1. The van der Waals surface area contributed by atoms with Crippen LogP contribution in [0.5, 0.6) is 0 Å². The molecule has 0 unspecified atom stereocenters. The molecule has 23 heavy (non-hydrogen) atoms. The van der Waals surface area contributed by atoms with Crippen LogP contribution in [0.4, 0.5) is 0 Å². The first kappa shape index (κ1) is 15.2. The van der Waals surface area contributed by atoms with Crippen molar-refractivity contribution in [1.82, 2.24) is 19.8 Å². The van der Waals surface area contributed by atoms with Crippen LogP contribution in [-0.2, 0) is 11.3 Å². The third kappa shape index (κ3) is 3.30. The Morgan fingerprint density at radius 1 is 1.35 bits per heavy atom. The van der Waals surface area contributed by atoms with E-state index in [-0.39, 0.29) is 12.0 Å². The predicted octanol–water partition coefficient (Wildman–Crippen LogP) is 1.57. The Morgan fingerprint density at radius 3 is 3.09 bits per heavy atom. The Balaban J connectivity index is 1.41. The number of ether oxygens (including phenoxy) is 1. The Kier molecular flexibility index (Phi) is 4.39. The summed E-state index contributed by atoms with van der Waals surface area (Å²) >= 11 is 3.14. The van der Waals surface area contributed by atoms with Gasteiger partial charge >= 0.3 is 0 Å². The Morgan fingerprint density at radius 2 is 2.30 bits per heavy atom. The Hall–Kier alpha value is -1.35. The minimum Gasteiger partial charge on any atom is -0.375 e. The molecule has 0 bridgehead atoms. The lowest BCUT2D eigenvalue weighted by Gasteiger charge is -2.22. The number of hydrogen-bond donors (Lipinski definition) is 0. The zero-order valence-corrected chi connectivity index (χ0v) is 14.3. The highest BCUT2D eigenvalue weighted by molar-refractivity contribution is 7.09. The monoisotopic (exact) mass is 350 g/mol. The van der Waals surface area contributed by atoms with Gasteiger partial charge in [-0.15, -0.1) is 22.7 Å². The average Bonchev–Trinajstić information content (AvgIpc) is 3.28. The highest BCUT2D eigenvalue weighted by Gasteiger charge is 2.38. The summed E-state index contributed by atoms with van der Waals surface area (Å²) in [4.78, 5) is 25.3. The molecule has 0 spiro atoms. The van der Waals surface area contributed by atoms with E-state index in [1.54, 1.807) is 16.8 Å².